The lowest BCUT2D eigenvalue weighted by Crippen LogP contribution is -2.26. The molecule has 1 amide bonds. The van der Waals surface area contributed by atoms with Crippen LogP contribution < -0.4 is 15.8 Å². The fourth-order valence-corrected chi connectivity index (χ4v) is 3.13. The van der Waals surface area contributed by atoms with Crippen LogP contribution in [0.15, 0.2) is 83.5 Å². The average molecular weight is 402 g/mol. The molecule has 0 radical (unpaired) electrons. The van der Waals surface area contributed by atoms with Crippen LogP contribution in [-0.4, -0.2) is 30.9 Å². The Kier molecular flexibility index (Phi) is 7.69. The Labute approximate surface area is 176 Å². The van der Waals surface area contributed by atoms with Crippen LogP contribution in [0, 0.1) is 11.3 Å². The minimum atomic E-state index is -0.691. The summed E-state index contributed by atoms with van der Waals surface area (Å²) in [6.45, 7) is 2.06. The van der Waals surface area contributed by atoms with Crippen LogP contribution in [0.3, 0.4) is 0 Å². The van der Waals surface area contributed by atoms with E-state index in [4.69, 9.17) is 15.9 Å². The van der Waals surface area contributed by atoms with Gasteiger partial charge in [0.1, 0.15) is 11.5 Å². The molecule has 1 aliphatic rings. The Bertz CT molecular complexity index is 941. The summed E-state index contributed by atoms with van der Waals surface area (Å²) in [7, 11) is 0. The van der Waals surface area contributed by atoms with Gasteiger partial charge in [-0.3, -0.25) is 15.2 Å². The van der Waals surface area contributed by atoms with Gasteiger partial charge in [0.05, 0.1) is 11.3 Å². The number of carbonyl (C=O) groups is 1. The monoisotopic (exact) mass is 402 g/mol. The summed E-state index contributed by atoms with van der Waals surface area (Å²) in [6, 6.07) is 16.4. The molecule has 30 heavy (non-hydrogen) atoms. The first-order valence-electron chi connectivity index (χ1n) is 9.96. The van der Waals surface area contributed by atoms with Crippen molar-refractivity contribution in [3.63, 3.8) is 0 Å². The summed E-state index contributed by atoms with van der Waals surface area (Å²) in [5, 5.41) is 11.7. The van der Waals surface area contributed by atoms with E-state index in [1.165, 1.54) is 6.20 Å². The Hall–Kier alpha value is -3.51. The van der Waals surface area contributed by atoms with Crippen LogP contribution in [0.4, 0.5) is 0 Å². The fraction of sp³-hybridized carbons (Fsp3) is 0.208. The van der Waals surface area contributed by atoms with E-state index in [1.54, 1.807) is 30.5 Å². The molecule has 0 bridgehead atoms. The molecule has 1 aliphatic heterocycles. The molecule has 2 aromatic rings. The van der Waals surface area contributed by atoms with E-state index in [0.717, 1.165) is 31.7 Å². The molecule has 1 heterocycles. The van der Waals surface area contributed by atoms with Gasteiger partial charge in [0.15, 0.2) is 0 Å². The van der Waals surface area contributed by atoms with Crippen LogP contribution in [-0.2, 0) is 4.79 Å². The van der Waals surface area contributed by atoms with Gasteiger partial charge in [-0.1, -0.05) is 24.3 Å². The van der Waals surface area contributed by atoms with Crippen molar-refractivity contribution in [2.75, 3.05) is 13.1 Å². The van der Waals surface area contributed by atoms with Crippen LogP contribution in [0.25, 0.3) is 0 Å². The number of rotatable bonds is 8. The number of benzene rings is 2. The van der Waals surface area contributed by atoms with E-state index in [0.29, 0.717) is 17.2 Å². The second kappa shape index (κ2) is 10.9. The highest BCUT2D eigenvalue weighted by Gasteiger charge is 2.14. The van der Waals surface area contributed by atoms with E-state index in [-0.39, 0.29) is 11.3 Å². The minimum Gasteiger partial charge on any atom is -0.457 e. The maximum atomic E-state index is 11.8. The Morgan fingerprint density at radius 2 is 1.73 bits per heavy atom. The lowest BCUT2D eigenvalue weighted by atomic mass is 9.98. The zero-order valence-corrected chi connectivity index (χ0v) is 16.8. The van der Waals surface area contributed by atoms with Crippen molar-refractivity contribution in [1.29, 1.82) is 5.41 Å². The third kappa shape index (κ3) is 6.25. The number of primary amides is 1. The third-order valence-electron chi connectivity index (χ3n) is 4.80. The number of para-hydroxylation sites is 1. The first-order valence-corrected chi connectivity index (χ1v) is 9.96. The molecule has 2 aromatic carbocycles. The number of nitrogens with zero attached hydrogens (tertiary/aromatic N) is 1. The molecule has 0 saturated carbocycles. The summed E-state index contributed by atoms with van der Waals surface area (Å²) in [4.78, 5) is 16.0. The Balaban J connectivity index is 1.64. The molecule has 4 N–H and O–H groups in total. The van der Waals surface area contributed by atoms with Gasteiger partial charge in [0.25, 0.3) is 5.91 Å². The summed E-state index contributed by atoms with van der Waals surface area (Å²) in [6.07, 6.45) is 9.19. The van der Waals surface area contributed by atoms with Gasteiger partial charge in [-0.2, -0.15) is 0 Å². The zero-order chi connectivity index (χ0) is 21.2. The van der Waals surface area contributed by atoms with Crippen LogP contribution in [0.1, 0.15) is 18.4 Å². The Morgan fingerprint density at radius 3 is 2.40 bits per heavy atom. The number of piperidine rings is 1. The lowest BCUT2D eigenvalue weighted by Gasteiger charge is -2.18. The smallest absolute Gasteiger partial charge is 0.252 e. The number of allylic oxidation sites excluding steroid dienone is 2. The number of ether oxygens (including phenoxy) is 1. The van der Waals surface area contributed by atoms with Gasteiger partial charge in [-0.15, -0.1) is 0 Å². The molecule has 1 fully saturated rings. The van der Waals surface area contributed by atoms with Crippen molar-refractivity contribution < 1.29 is 9.53 Å². The van der Waals surface area contributed by atoms with Crippen molar-refractivity contribution in [3.05, 3.63) is 84.1 Å². The summed E-state index contributed by atoms with van der Waals surface area (Å²) in [5.41, 5.74) is 6.10. The van der Waals surface area contributed by atoms with Gasteiger partial charge in [-0.25, -0.2) is 0 Å². The molecule has 0 aliphatic carbocycles. The SMILES string of the molecule is N=C(/C(=C/N=C\C=C\C1CCNCC1)C(N)=O)c1ccc(Oc2ccccc2)cc1. The number of hydrogen-bond acceptors (Lipinski definition) is 5. The average Bonchev–Trinajstić information content (AvgIpc) is 2.77. The highest BCUT2D eigenvalue weighted by atomic mass is 16.5. The van der Waals surface area contributed by atoms with Crippen molar-refractivity contribution in [3.8, 4) is 11.5 Å². The molecular weight excluding hydrogens is 376 g/mol. The molecule has 6 heteroatoms. The van der Waals surface area contributed by atoms with Gasteiger partial charge < -0.3 is 15.8 Å². The van der Waals surface area contributed by atoms with Crippen LogP contribution in [0.2, 0.25) is 0 Å². The normalized spacial score (nSPS) is 15.5. The van der Waals surface area contributed by atoms with Gasteiger partial charge in [-0.05, 0) is 74.3 Å². The summed E-state index contributed by atoms with van der Waals surface area (Å²) in [5.74, 6) is 1.23. The number of aliphatic imine (C=N–C) groups is 1. The predicted octanol–water partition coefficient (Wildman–Crippen LogP) is 3.84. The maximum Gasteiger partial charge on any atom is 0.252 e. The van der Waals surface area contributed by atoms with E-state index < -0.39 is 5.91 Å². The fourth-order valence-electron chi connectivity index (χ4n) is 3.13. The minimum absolute atomic E-state index is 0.0215. The number of carbonyl (C=O) groups excluding carboxylic acids is 1. The highest BCUT2D eigenvalue weighted by molar-refractivity contribution is 6.26. The first-order chi connectivity index (χ1) is 14.6. The molecule has 6 nitrogen and oxygen atoms in total. The number of nitrogens with two attached hydrogens (primary N) is 1. The van der Waals surface area contributed by atoms with Crippen molar-refractivity contribution in [2.24, 2.45) is 16.6 Å². The summed E-state index contributed by atoms with van der Waals surface area (Å²) >= 11 is 0. The van der Waals surface area contributed by atoms with Gasteiger partial charge in [0.2, 0.25) is 0 Å². The summed E-state index contributed by atoms with van der Waals surface area (Å²) < 4.78 is 5.75. The van der Waals surface area contributed by atoms with Crippen LogP contribution >= 0.6 is 0 Å². The number of amides is 1. The van der Waals surface area contributed by atoms with E-state index in [1.807, 2.05) is 36.4 Å². The van der Waals surface area contributed by atoms with E-state index >= 15 is 0 Å². The van der Waals surface area contributed by atoms with Crippen molar-refractivity contribution in [1.82, 2.24) is 5.32 Å². The van der Waals surface area contributed by atoms with Crippen LogP contribution in [0.5, 0.6) is 11.5 Å². The molecule has 0 unspecified atom stereocenters. The van der Waals surface area contributed by atoms with Gasteiger partial charge in [0, 0.05) is 18.0 Å². The molecule has 3 rings (SSSR count). The van der Waals surface area contributed by atoms with Crippen molar-refractivity contribution in [2.45, 2.75) is 12.8 Å². The molecular formula is C24H26N4O2. The van der Waals surface area contributed by atoms with E-state index in [9.17, 15) is 4.79 Å². The molecule has 1 saturated heterocycles. The number of hydrogen-bond donors (Lipinski definition) is 3. The second-order valence-corrected chi connectivity index (χ2v) is 6.99. The first kappa shape index (κ1) is 21.2. The Morgan fingerprint density at radius 1 is 1.07 bits per heavy atom. The quantitative estimate of drug-likeness (QED) is 0.462. The lowest BCUT2D eigenvalue weighted by molar-refractivity contribution is -0.114. The predicted molar refractivity (Wildman–Crippen MR) is 120 cm³/mol. The zero-order valence-electron chi connectivity index (χ0n) is 16.8. The molecule has 154 valence electrons. The van der Waals surface area contributed by atoms with E-state index in [2.05, 4.69) is 16.4 Å². The topological polar surface area (TPSA) is 101 Å². The number of nitrogens with one attached hydrogen (secondary N) is 2. The molecule has 0 aromatic heterocycles. The van der Waals surface area contributed by atoms with Gasteiger partial charge >= 0.3 is 0 Å². The third-order valence-corrected chi connectivity index (χ3v) is 4.80. The molecule has 0 atom stereocenters. The largest absolute Gasteiger partial charge is 0.457 e. The highest BCUT2D eigenvalue weighted by Crippen LogP contribution is 2.22. The molecule has 0 spiro atoms. The standard InChI is InChI=1S/C24H26N4O2/c25-23(19-8-10-21(11-9-19)30-20-6-2-1-3-7-20)22(24(26)29)17-28-14-4-5-18-12-15-27-16-13-18/h1-11,14,17-18,25,27H,12-13,15-16H2,(H2,26,29)/b5-4+,22-17-,25-23?,28-14-. The maximum absolute atomic E-state index is 11.8. The van der Waals surface area contributed by atoms with Crippen molar-refractivity contribution >= 4 is 17.8 Å². The second-order valence-electron chi connectivity index (χ2n) is 6.99.